The molecule has 1 aromatic carbocycles. The van der Waals surface area contributed by atoms with Gasteiger partial charge in [0.2, 0.25) is 0 Å². The Kier molecular flexibility index (Phi) is 5.84. The molecule has 0 radical (unpaired) electrons. The number of rotatable bonds is 6. The molecule has 9 heteroatoms. The van der Waals surface area contributed by atoms with E-state index in [1.54, 1.807) is 0 Å². The fraction of sp³-hybridized carbons (Fsp3) is 0.455. The van der Waals surface area contributed by atoms with Crippen LogP contribution in [0.15, 0.2) is 22.7 Å². The van der Waals surface area contributed by atoms with Crippen molar-refractivity contribution in [2.75, 3.05) is 18.6 Å². The van der Waals surface area contributed by atoms with Gasteiger partial charge in [-0.2, -0.15) is 0 Å². The van der Waals surface area contributed by atoms with Crippen LogP contribution in [0.1, 0.15) is 5.56 Å². The van der Waals surface area contributed by atoms with Gasteiger partial charge in [0, 0.05) is 19.3 Å². The molecule has 0 fully saturated rings. The third-order valence-corrected chi connectivity index (χ3v) is 3.77. The van der Waals surface area contributed by atoms with Crippen LogP contribution in [0.25, 0.3) is 0 Å². The van der Waals surface area contributed by atoms with E-state index in [4.69, 9.17) is 0 Å². The highest BCUT2D eigenvalue weighted by atomic mass is 79.9. The fourth-order valence-corrected chi connectivity index (χ4v) is 2.37. The Morgan fingerprint density at radius 3 is 2.50 bits per heavy atom. The predicted octanol–water partition coefficient (Wildman–Crippen LogP) is 2.48. The second-order valence-corrected chi connectivity index (χ2v) is 7.23. The first-order valence-electron chi connectivity index (χ1n) is 5.49. The molecular weight excluding hydrogens is 363 g/mol. The Hall–Kier alpha value is -0.800. The number of sulfone groups is 1. The van der Waals surface area contributed by atoms with Crippen molar-refractivity contribution < 1.29 is 26.3 Å². The van der Waals surface area contributed by atoms with Gasteiger partial charge in [-0.25, -0.2) is 8.42 Å². The molecular formula is C11H13BrF3NO3S. The van der Waals surface area contributed by atoms with Crippen LogP contribution in [0.5, 0.6) is 5.75 Å². The first-order valence-corrected chi connectivity index (χ1v) is 8.35. The molecule has 0 aliphatic rings. The van der Waals surface area contributed by atoms with E-state index in [9.17, 15) is 21.6 Å². The molecule has 0 saturated carbocycles. The van der Waals surface area contributed by atoms with Crippen LogP contribution in [0, 0.1) is 0 Å². The van der Waals surface area contributed by atoms with Gasteiger partial charge in [-0.3, -0.25) is 0 Å². The zero-order valence-electron chi connectivity index (χ0n) is 10.5. The maximum Gasteiger partial charge on any atom is 0.573 e. The third kappa shape index (κ3) is 7.11. The summed E-state index contributed by atoms with van der Waals surface area (Å²) in [7, 11) is -3.03. The number of ether oxygens (including phenoxy) is 1. The van der Waals surface area contributed by atoms with Crippen LogP contribution >= 0.6 is 15.9 Å². The smallest absolute Gasteiger partial charge is 0.405 e. The number of halogens is 4. The molecule has 114 valence electrons. The lowest BCUT2D eigenvalue weighted by atomic mass is 10.2. The summed E-state index contributed by atoms with van der Waals surface area (Å²) >= 11 is 2.99. The molecule has 0 aliphatic carbocycles. The minimum Gasteiger partial charge on any atom is -0.405 e. The van der Waals surface area contributed by atoms with Gasteiger partial charge in [-0.15, -0.1) is 13.2 Å². The molecule has 0 unspecified atom stereocenters. The lowest BCUT2D eigenvalue weighted by Crippen LogP contribution is -2.22. The topological polar surface area (TPSA) is 55.4 Å². The standard InChI is InChI=1S/C11H13BrF3NO3S/c1-20(17,18)5-4-16-7-8-2-3-10(9(12)6-8)19-11(13,14)15/h2-3,6,16H,4-5,7H2,1H3. The highest BCUT2D eigenvalue weighted by Gasteiger charge is 2.31. The van der Waals surface area contributed by atoms with Crippen LogP contribution in [0.4, 0.5) is 13.2 Å². The van der Waals surface area contributed by atoms with Crippen molar-refractivity contribution >= 4 is 25.8 Å². The van der Waals surface area contributed by atoms with E-state index in [1.807, 2.05) is 0 Å². The van der Waals surface area contributed by atoms with Gasteiger partial charge >= 0.3 is 6.36 Å². The molecule has 1 N–H and O–H groups in total. The van der Waals surface area contributed by atoms with E-state index in [0.29, 0.717) is 12.1 Å². The maximum absolute atomic E-state index is 12.1. The quantitative estimate of drug-likeness (QED) is 0.776. The Balaban J connectivity index is 2.55. The average Bonchev–Trinajstić information content (AvgIpc) is 2.25. The molecule has 4 nitrogen and oxygen atoms in total. The van der Waals surface area contributed by atoms with Crippen LogP contribution in [0.3, 0.4) is 0 Å². The van der Waals surface area contributed by atoms with Crippen LogP contribution in [-0.2, 0) is 16.4 Å². The van der Waals surface area contributed by atoms with E-state index in [0.717, 1.165) is 6.26 Å². The Bertz CT molecular complexity index is 561. The number of hydrogen-bond acceptors (Lipinski definition) is 4. The highest BCUT2D eigenvalue weighted by Crippen LogP contribution is 2.30. The largest absolute Gasteiger partial charge is 0.573 e. The lowest BCUT2D eigenvalue weighted by Gasteiger charge is -2.11. The zero-order valence-corrected chi connectivity index (χ0v) is 12.9. The lowest BCUT2D eigenvalue weighted by molar-refractivity contribution is -0.274. The van der Waals surface area contributed by atoms with Gasteiger partial charge in [-0.05, 0) is 33.6 Å². The Labute approximate surface area is 123 Å². The van der Waals surface area contributed by atoms with Crippen molar-refractivity contribution in [2.45, 2.75) is 12.9 Å². The normalized spacial score (nSPS) is 12.4. The Morgan fingerprint density at radius 1 is 1.35 bits per heavy atom. The van der Waals surface area contributed by atoms with Crippen LogP contribution in [0.2, 0.25) is 0 Å². The van der Waals surface area contributed by atoms with Crippen molar-refractivity contribution in [3.8, 4) is 5.75 Å². The van der Waals surface area contributed by atoms with Crippen LogP contribution < -0.4 is 10.1 Å². The first kappa shape index (κ1) is 17.3. The fourth-order valence-electron chi connectivity index (χ4n) is 1.35. The number of alkyl halides is 3. The summed E-state index contributed by atoms with van der Waals surface area (Å²) in [5.74, 6) is -0.318. The van der Waals surface area contributed by atoms with Gasteiger partial charge < -0.3 is 10.1 Å². The molecule has 0 bridgehead atoms. The monoisotopic (exact) mass is 375 g/mol. The summed E-state index contributed by atoms with van der Waals surface area (Å²) in [6.07, 6.45) is -3.60. The molecule has 1 rings (SSSR count). The van der Waals surface area contributed by atoms with Crippen molar-refractivity contribution in [1.82, 2.24) is 5.32 Å². The summed E-state index contributed by atoms with van der Waals surface area (Å²) in [6.45, 7) is 0.623. The molecule has 0 aliphatic heterocycles. The van der Waals surface area contributed by atoms with E-state index in [2.05, 4.69) is 26.0 Å². The highest BCUT2D eigenvalue weighted by molar-refractivity contribution is 9.10. The first-order chi connectivity index (χ1) is 9.07. The third-order valence-electron chi connectivity index (χ3n) is 2.20. The molecule has 0 aromatic heterocycles. The van der Waals surface area contributed by atoms with Crippen molar-refractivity contribution in [3.63, 3.8) is 0 Å². The summed E-state index contributed by atoms with van der Waals surface area (Å²) < 4.78 is 62.0. The molecule has 0 spiro atoms. The number of nitrogens with one attached hydrogen (secondary N) is 1. The minimum absolute atomic E-state index is 0.00341. The second kappa shape index (κ2) is 6.77. The van der Waals surface area contributed by atoms with E-state index in [1.165, 1.54) is 18.2 Å². The molecule has 1 aromatic rings. The summed E-state index contributed by atoms with van der Waals surface area (Å²) in [6, 6.07) is 4.15. The van der Waals surface area contributed by atoms with Gasteiger partial charge in [0.1, 0.15) is 15.6 Å². The number of benzene rings is 1. The van der Waals surface area contributed by atoms with Crippen molar-refractivity contribution in [1.29, 1.82) is 0 Å². The van der Waals surface area contributed by atoms with Crippen molar-refractivity contribution in [3.05, 3.63) is 28.2 Å². The molecule has 0 atom stereocenters. The van der Waals surface area contributed by atoms with Gasteiger partial charge in [0.15, 0.2) is 0 Å². The maximum atomic E-state index is 12.1. The summed E-state index contributed by atoms with van der Waals surface area (Å²) in [5, 5.41) is 2.89. The predicted molar refractivity (Wildman–Crippen MR) is 72.2 cm³/mol. The molecule has 0 saturated heterocycles. The molecule has 0 heterocycles. The second-order valence-electron chi connectivity index (χ2n) is 4.12. The van der Waals surface area contributed by atoms with E-state index in [-0.39, 0.29) is 22.5 Å². The molecule has 0 amide bonds. The molecule has 20 heavy (non-hydrogen) atoms. The van der Waals surface area contributed by atoms with Gasteiger partial charge in [-0.1, -0.05) is 6.07 Å². The SMILES string of the molecule is CS(=O)(=O)CCNCc1ccc(OC(F)(F)F)c(Br)c1. The summed E-state index contributed by atoms with van der Waals surface area (Å²) in [4.78, 5) is 0. The van der Waals surface area contributed by atoms with Gasteiger partial charge in [0.05, 0.1) is 10.2 Å². The average molecular weight is 376 g/mol. The van der Waals surface area contributed by atoms with Crippen molar-refractivity contribution in [2.24, 2.45) is 0 Å². The summed E-state index contributed by atoms with van der Waals surface area (Å²) in [5.41, 5.74) is 0.708. The van der Waals surface area contributed by atoms with Gasteiger partial charge in [0.25, 0.3) is 0 Å². The number of hydrogen-bond donors (Lipinski definition) is 1. The Morgan fingerprint density at radius 2 is 2.00 bits per heavy atom. The van der Waals surface area contributed by atoms with E-state index < -0.39 is 16.2 Å². The zero-order chi connectivity index (χ0) is 15.4. The van der Waals surface area contributed by atoms with E-state index >= 15 is 0 Å². The van der Waals surface area contributed by atoms with Crippen LogP contribution in [-0.4, -0.2) is 33.3 Å². The minimum atomic E-state index is -4.74.